The fourth-order valence-electron chi connectivity index (χ4n) is 2.30. The topological polar surface area (TPSA) is 17.1 Å². The standard InChI is InChI=1S/C15H30.C7H12O.C4H10.C2H6/c1-4-5-6-7-8-9-10-11-12-13-14-15(2)3;1-3-4-5-7(2)6-8;1-4(2)3;1-2/h5-6,15H,4,7-14H2,1-3H3;3-5H2,1-2H3;4H,1-3H3;1-2H3/b6-5-;;;. The molecule has 0 aliphatic heterocycles. The van der Waals surface area contributed by atoms with Crippen molar-refractivity contribution in [2.75, 3.05) is 0 Å². The highest BCUT2D eigenvalue weighted by atomic mass is 16.1. The molecule has 29 heavy (non-hydrogen) atoms. The van der Waals surface area contributed by atoms with Crippen molar-refractivity contribution in [3.63, 3.8) is 0 Å². The van der Waals surface area contributed by atoms with Crippen LogP contribution in [-0.2, 0) is 4.79 Å². The number of carbonyl (C=O) groups excluding carboxylic acids is 1. The Kier molecular flexibility index (Phi) is 42.6. The van der Waals surface area contributed by atoms with Crippen LogP contribution >= 0.6 is 0 Å². The molecule has 0 saturated carbocycles. The van der Waals surface area contributed by atoms with E-state index in [4.69, 9.17) is 0 Å². The van der Waals surface area contributed by atoms with E-state index in [-0.39, 0.29) is 0 Å². The summed E-state index contributed by atoms with van der Waals surface area (Å²) in [4.78, 5) is 9.85. The predicted octanol–water partition coefficient (Wildman–Crippen LogP) is 10.4. The van der Waals surface area contributed by atoms with Gasteiger partial charge in [-0.05, 0) is 50.9 Å². The number of rotatable bonds is 13. The Morgan fingerprint density at radius 2 is 1.28 bits per heavy atom. The summed E-state index contributed by atoms with van der Waals surface area (Å²) in [5.41, 5.74) is 0.840. The molecule has 0 spiro atoms. The Hall–Kier alpha value is -0.810. The summed E-state index contributed by atoms with van der Waals surface area (Å²) in [6.07, 6.45) is 20.3. The summed E-state index contributed by atoms with van der Waals surface area (Å²) in [5.74, 6) is 3.59. The minimum Gasteiger partial charge on any atom is -0.234 e. The molecule has 1 heteroatoms. The van der Waals surface area contributed by atoms with Gasteiger partial charge in [0.1, 0.15) is 5.94 Å². The lowest BCUT2D eigenvalue weighted by molar-refractivity contribution is 0.512. The smallest absolute Gasteiger partial charge is 0.123 e. The molecule has 0 aliphatic rings. The second-order valence-electron chi connectivity index (χ2n) is 8.69. The van der Waals surface area contributed by atoms with E-state index in [0.29, 0.717) is 0 Å². The maximum absolute atomic E-state index is 9.85. The van der Waals surface area contributed by atoms with Gasteiger partial charge in [-0.15, -0.1) is 0 Å². The van der Waals surface area contributed by atoms with Gasteiger partial charge in [-0.1, -0.05) is 119 Å². The number of unbranched alkanes of at least 4 members (excludes halogenated alkanes) is 7. The van der Waals surface area contributed by atoms with E-state index in [1.54, 1.807) is 0 Å². The average molecular weight is 411 g/mol. The molecule has 0 radical (unpaired) electrons. The van der Waals surface area contributed by atoms with Crippen LogP contribution in [0.15, 0.2) is 17.7 Å². The van der Waals surface area contributed by atoms with Crippen molar-refractivity contribution < 1.29 is 4.79 Å². The Morgan fingerprint density at radius 3 is 1.69 bits per heavy atom. The van der Waals surface area contributed by atoms with E-state index in [2.05, 4.69) is 60.6 Å². The van der Waals surface area contributed by atoms with Crippen LogP contribution < -0.4 is 0 Å². The minimum absolute atomic E-state index is 0.833. The van der Waals surface area contributed by atoms with E-state index in [9.17, 15) is 4.79 Å². The monoisotopic (exact) mass is 410 g/mol. The minimum atomic E-state index is 0.833. The molecule has 0 aliphatic carbocycles. The highest BCUT2D eigenvalue weighted by molar-refractivity contribution is 5.50. The summed E-state index contributed by atoms with van der Waals surface area (Å²) in [6, 6.07) is 0. The zero-order chi connectivity index (χ0) is 23.3. The first-order chi connectivity index (χ1) is 13.8. The molecule has 0 N–H and O–H groups in total. The fraction of sp³-hybridized carbons (Fsp3) is 0.857. The van der Waals surface area contributed by atoms with Gasteiger partial charge < -0.3 is 0 Å². The van der Waals surface area contributed by atoms with E-state index >= 15 is 0 Å². The molecule has 176 valence electrons. The lowest BCUT2D eigenvalue weighted by Crippen LogP contribution is -1.87. The van der Waals surface area contributed by atoms with E-state index < -0.39 is 0 Å². The molecule has 0 saturated heterocycles. The summed E-state index contributed by atoms with van der Waals surface area (Å²) in [6.45, 7) is 21.3. The Balaban J connectivity index is -0.000000186. The lowest BCUT2D eigenvalue weighted by Gasteiger charge is -2.03. The van der Waals surface area contributed by atoms with Gasteiger partial charge in [0.15, 0.2) is 0 Å². The van der Waals surface area contributed by atoms with Gasteiger partial charge in [-0.25, -0.2) is 4.79 Å². The van der Waals surface area contributed by atoms with Crippen LogP contribution in [0.1, 0.15) is 146 Å². The first-order valence-corrected chi connectivity index (χ1v) is 12.7. The van der Waals surface area contributed by atoms with Gasteiger partial charge in [0.25, 0.3) is 0 Å². The van der Waals surface area contributed by atoms with Gasteiger partial charge in [-0.3, -0.25) is 0 Å². The molecular weight excluding hydrogens is 352 g/mol. The molecule has 0 amide bonds. The normalized spacial score (nSPS) is 9.79. The first-order valence-electron chi connectivity index (χ1n) is 12.7. The first kappa shape index (κ1) is 35.6. The third-order valence-corrected chi connectivity index (χ3v) is 3.88. The molecule has 0 bridgehead atoms. The lowest BCUT2D eigenvalue weighted by atomic mass is 10.0. The zero-order valence-electron chi connectivity index (χ0n) is 22.2. The van der Waals surface area contributed by atoms with Crippen LogP contribution in [-0.4, -0.2) is 5.94 Å². The molecule has 0 aromatic heterocycles. The number of hydrogen-bond acceptors (Lipinski definition) is 1. The second kappa shape index (κ2) is 34.7. The zero-order valence-corrected chi connectivity index (χ0v) is 22.2. The van der Waals surface area contributed by atoms with Crippen molar-refractivity contribution in [3.05, 3.63) is 17.7 Å². The van der Waals surface area contributed by atoms with Crippen molar-refractivity contribution in [2.24, 2.45) is 11.8 Å². The Bertz CT molecular complexity index is 329. The predicted molar refractivity (Wildman–Crippen MR) is 137 cm³/mol. The maximum atomic E-state index is 9.85. The third-order valence-electron chi connectivity index (χ3n) is 3.88. The Labute approximate surface area is 186 Å². The maximum Gasteiger partial charge on any atom is 0.123 e. The summed E-state index contributed by atoms with van der Waals surface area (Å²) in [7, 11) is 0. The molecule has 1 nitrogen and oxygen atoms in total. The van der Waals surface area contributed by atoms with Crippen LogP contribution in [0.4, 0.5) is 0 Å². The summed E-state index contributed by atoms with van der Waals surface area (Å²) in [5, 5.41) is 0. The van der Waals surface area contributed by atoms with Crippen molar-refractivity contribution in [2.45, 2.75) is 146 Å². The van der Waals surface area contributed by atoms with Gasteiger partial charge in [0.05, 0.1) is 0 Å². The quantitative estimate of drug-likeness (QED) is 0.167. The molecule has 0 aromatic rings. The second-order valence-corrected chi connectivity index (χ2v) is 8.69. The number of allylic oxidation sites excluding steroid dienone is 3. The van der Waals surface area contributed by atoms with E-state index in [0.717, 1.165) is 36.7 Å². The molecule has 0 aromatic carbocycles. The van der Waals surface area contributed by atoms with E-state index in [1.807, 2.05) is 26.7 Å². The summed E-state index contributed by atoms with van der Waals surface area (Å²) >= 11 is 0. The van der Waals surface area contributed by atoms with Gasteiger partial charge in [0, 0.05) is 5.57 Å². The molecular formula is C28H58O. The van der Waals surface area contributed by atoms with Crippen molar-refractivity contribution >= 4 is 5.94 Å². The van der Waals surface area contributed by atoms with Crippen LogP contribution in [0.3, 0.4) is 0 Å². The fourth-order valence-corrected chi connectivity index (χ4v) is 2.30. The van der Waals surface area contributed by atoms with Gasteiger partial charge >= 0.3 is 0 Å². The van der Waals surface area contributed by atoms with Gasteiger partial charge in [-0.2, -0.15) is 0 Å². The van der Waals surface area contributed by atoms with Crippen LogP contribution in [0.2, 0.25) is 0 Å². The molecule has 0 heterocycles. The summed E-state index contributed by atoms with van der Waals surface area (Å²) < 4.78 is 0. The van der Waals surface area contributed by atoms with Crippen molar-refractivity contribution in [3.8, 4) is 0 Å². The van der Waals surface area contributed by atoms with Gasteiger partial charge in [0.2, 0.25) is 0 Å². The molecule has 0 atom stereocenters. The van der Waals surface area contributed by atoms with Crippen molar-refractivity contribution in [1.29, 1.82) is 0 Å². The van der Waals surface area contributed by atoms with Crippen molar-refractivity contribution in [1.82, 2.24) is 0 Å². The third kappa shape index (κ3) is 58.4. The molecule has 0 rings (SSSR count). The van der Waals surface area contributed by atoms with Crippen LogP contribution in [0.25, 0.3) is 0 Å². The van der Waals surface area contributed by atoms with E-state index in [1.165, 1.54) is 57.8 Å². The number of hydrogen-bond donors (Lipinski definition) is 0. The highest BCUT2D eigenvalue weighted by Gasteiger charge is 1.94. The SMILES string of the molecule is CC.CC(C)C.CC/C=C\CCCCCCCCC(C)C.CCCCC(C)=C=O. The van der Waals surface area contributed by atoms with Crippen LogP contribution in [0.5, 0.6) is 0 Å². The molecule has 0 fully saturated rings. The van der Waals surface area contributed by atoms with Crippen LogP contribution in [0, 0.1) is 11.8 Å². The highest BCUT2D eigenvalue weighted by Crippen LogP contribution is 2.12. The Morgan fingerprint density at radius 1 is 0.793 bits per heavy atom. The average Bonchev–Trinajstić information content (AvgIpc) is 2.69. The largest absolute Gasteiger partial charge is 0.234 e. The molecule has 0 unspecified atom stereocenters.